The summed E-state index contributed by atoms with van der Waals surface area (Å²) in [5, 5.41) is 2.98. The maximum absolute atomic E-state index is 11.5. The summed E-state index contributed by atoms with van der Waals surface area (Å²) in [5.41, 5.74) is 7.89. The number of hydrogen-bond donors (Lipinski definition) is 2. The lowest BCUT2D eigenvalue weighted by Gasteiger charge is -2.21. The molecule has 1 aliphatic heterocycles. The van der Waals surface area contributed by atoms with E-state index in [1.807, 2.05) is 24.3 Å². The number of anilines is 1. The molecule has 0 amide bonds. The van der Waals surface area contributed by atoms with E-state index in [1.54, 1.807) is 0 Å². The van der Waals surface area contributed by atoms with Crippen molar-refractivity contribution in [3.63, 3.8) is 0 Å². The molecule has 1 saturated heterocycles. The van der Waals surface area contributed by atoms with Crippen molar-refractivity contribution < 1.29 is 13.2 Å². The van der Waals surface area contributed by atoms with Gasteiger partial charge in [-0.3, -0.25) is 4.99 Å². The Labute approximate surface area is 148 Å². The summed E-state index contributed by atoms with van der Waals surface area (Å²) in [6.07, 6.45) is 0.573. The predicted octanol–water partition coefficient (Wildman–Crippen LogP) is 1.41. The Kier molecular flexibility index (Phi) is 7.57. The average molecular weight is 439 g/mol. The zero-order chi connectivity index (χ0) is 15.3. The Morgan fingerprint density at radius 3 is 2.68 bits per heavy atom. The number of ether oxygens (including phenoxy) is 1. The smallest absolute Gasteiger partial charge is 0.193 e. The first-order valence-electron chi connectivity index (χ1n) is 6.96. The molecule has 0 aliphatic carbocycles. The topological polar surface area (TPSA) is 93.8 Å². The number of nitrogens with two attached hydrogens (primary N) is 1. The number of nitrogens with one attached hydrogen (secondary N) is 1. The van der Waals surface area contributed by atoms with Crippen molar-refractivity contribution in [1.82, 2.24) is 0 Å². The summed E-state index contributed by atoms with van der Waals surface area (Å²) in [4.78, 5) is 4.15. The minimum absolute atomic E-state index is 0. The lowest BCUT2D eigenvalue weighted by atomic mass is 10.1. The minimum Gasteiger partial charge on any atom is -0.374 e. The van der Waals surface area contributed by atoms with Crippen LogP contribution in [0.15, 0.2) is 29.3 Å². The highest BCUT2D eigenvalue weighted by Crippen LogP contribution is 2.10. The standard InChI is InChI=1S/C14H21N3O3S.HI/c1-2-11-3-5-12(6-4-11)17-14(15)16-9-13-10-21(18,19)8-7-20-13;/h3-6,13H,2,7-10H2,1H3,(H3,15,16,17);1H. The Morgan fingerprint density at radius 1 is 1.41 bits per heavy atom. The quantitative estimate of drug-likeness (QED) is 0.421. The number of benzene rings is 1. The highest BCUT2D eigenvalue weighted by atomic mass is 127. The Hall–Kier alpha value is -0.870. The molecule has 1 aliphatic rings. The van der Waals surface area contributed by atoms with Gasteiger partial charge in [0, 0.05) is 5.69 Å². The fourth-order valence-corrected chi connectivity index (χ4v) is 3.36. The van der Waals surface area contributed by atoms with Crippen LogP contribution in [-0.2, 0) is 21.0 Å². The number of aryl methyl sites for hydroxylation is 1. The maximum Gasteiger partial charge on any atom is 0.193 e. The van der Waals surface area contributed by atoms with Crippen LogP contribution in [0.4, 0.5) is 5.69 Å². The van der Waals surface area contributed by atoms with Gasteiger partial charge in [0.05, 0.1) is 30.8 Å². The van der Waals surface area contributed by atoms with Crippen molar-refractivity contribution >= 4 is 45.5 Å². The van der Waals surface area contributed by atoms with E-state index in [0.29, 0.717) is 0 Å². The van der Waals surface area contributed by atoms with E-state index in [4.69, 9.17) is 10.5 Å². The predicted molar refractivity (Wildman–Crippen MR) is 99.7 cm³/mol. The highest BCUT2D eigenvalue weighted by Gasteiger charge is 2.25. The summed E-state index contributed by atoms with van der Waals surface area (Å²) in [7, 11) is -3.00. The number of aliphatic imine (C=N–C) groups is 1. The molecule has 22 heavy (non-hydrogen) atoms. The zero-order valence-corrected chi connectivity index (χ0v) is 15.6. The summed E-state index contributed by atoms with van der Waals surface area (Å²) >= 11 is 0. The van der Waals surface area contributed by atoms with E-state index in [0.717, 1.165) is 12.1 Å². The second kappa shape index (κ2) is 8.68. The monoisotopic (exact) mass is 439 g/mol. The molecule has 0 saturated carbocycles. The molecule has 0 spiro atoms. The van der Waals surface area contributed by atoms with Gasteiger partial charge >= 0.3 is 0 Å². The molecule has 0 radical (unpaired) electrons. The molecule has 0 aromatic heterocycles. The molecular weight excluding hydrogens is 417 g/mol. The van der Waals surface area contributed by atoms with E-state index < -0.39 is 15.9 Å². The molecule has 1 heterocycles. The van der Waals surface area contributed by atoms with Crippen LogP contribution < -0.4 is 11.1 Å². The normalized spacial score (nSPS) is 21.0. The van der Waals surface area contributed by atoms with E-state index in [-0.39, 0.29) is 54.6 Å². The third kappa shape index (κ3) is 6.09. The largest absolute Gasteiger partial charge is 0.374 e. The molecule has 1 unspecified atom stereocenters. The Balaban J connectivity index is 0.00000242. The van der Waals surface area contributed by atoms with Crippen molar-refractivity contribution in [2.24, 2.45) is 10.7 Å². The molecule has 1 atom stereocenters. The van der Waals surface area contributed by atoms with Gasteiger partial charge in [-0.15, -0.1) is 24.0 Å². The van der Waals surface area contributed by atoms with Gasteiger partial charge < -0.3 is 15.8 Å². The van der Waals surface area contributed by atoms with E-state index in [2.05, 4.69) is 17.2 Å². The lowest BCUT2D eigenvalue weighted by Crippen LogP contribution is -2.37. The first kappa shape index (κ1) is 19.2. The average Bonchev–Trinajstić information content (AvgIpc) is 2.45. The highest BCUT2D eigenvalue weighted by molar-refractivity contribution is 14.0. The van der Waals surface area contributed by atoms with E-state index >= 15 is 0 Å². The number of guanidine groups is 1. The summed E-state index contributed by atoms with van der Waals surface area (Å²) in [5.74, 6) is 0.352. The molecule has 1 aromatic rings. The van der Waals surface area contributed by atoms with Crippen LogP contribution in [0, 0.1) is 0 Å². The molecule has 3 N–H and O–H groups in total. The van der Waals surface area contributed by atoms with Crippen LogP contribution in [0.5, 0.6) is 0 Å². The molecule has 1 aromatic carbocycles. The minimum atomic E-state index is -3.00. The zero-order valence-electron chi connectivity index (χ0n) is 12.5. The maximum atomic E-state index is 11.5. The number of halogens is 1. The van der Waals surface area contributed by atoms with Crippen molar-refractivity contribution in [3.05, 3.63) is 29.8 Å². The number of rotatable bonds is 4. The lowest BCUT2D eigenvalue weighted by molar-refractivity contribution is 0.0783. The molecule has 2 rings (SSSR count). The van der Waals surface area contributed by atoms with Crippen molar-refractivity contribution in [3.8, 4) is 0 Å². The van der Waals surface area contributed by atoms with Crippen LogP contribution >= 0.6 is 24.0 Å². The first-order chi connectivity index (χ1) is 9.98. The SMILES string of the molecule is CCc1ccc(NC(N)=NCC2CS(=O)(=O)CCO2)cc1.I. The number of sulfone groups is 1. The van der Waals surface area contributed by atoms with Gasteiger partial charge in [0.2, 0.25) is 0 Å². The van der Waals surface area contributed by atoms with Crippen LogP contribution in [0.3, 0.4) is 0 Å². The molecule has 6 nitrogen and oxygen atoms in total. The third-order valence-electron chi connectivity index (χ3n) is 3.29. The van der Waals surface area contributed by atoms with Gasteiger partial charge in [-0.1, -0.05) is 19.1 Å². The van der Waals surface area contributed by atoms with Gasteiger partial charge in [0.25, 0.3) is 0 Å². The Morgan fingerprint density at radius 2 is 2.09 bits per heavy atom. The summed E-state index contributed by atoms with van der Waals surface area (Å²) in [6.45, 7) is 2.57. The van der Waals surface area contributed by atoms with Gasteiger partial charge in [0.15, 0.2) is 15.8 Å². The van der Waals surface area contributed by atoms with Crippen molar-refractivity contribution in [2.75, 3.05) is 30.0 Å². The number of hydrogen-bond acceptors (Lipinski definition) is 4. The molecule has 124 valence electrons. The van der Waals surface area contributed by atoms with Gasteiger partial charge in [-0.2, -0.15) is 0 Å². The van der Waals surface area contributed by atoms with Gasteiger partial charge in [-0.05, 0) is 24.1 Å². The second-order valence-electron chi connectivity index (χ2n) is 5.01. The van der Waals surface area contributed by atoms with Crippen LogP contribution in [0.2, 0.25) is 0 Å². The second-order valence-corrected chi connectivity index (χ2v) is 7.24. The summed E-state index contributed by atoms with van der Waals surface area (Å²) in [6, 6.07) is 7.91. The summed E-state index contributed by atoms with van der Waals surface area (Å²) < 4.78 is 28.3. The van der Waals surface area contributed by atoms with E-state index in [9.17, 15) is 8.42 Å². The third-order valence-corrected chi connectivity index (χ3v) is 4.96. The van der Waals surface area contributed by atoms with Crippen molar-refractivity contribution in [2.45, 2.75) is 19.4 Å². The number of nitrogens with zero attached hydrogens (tertiary/aromatic N) is 1. The first-order valence-corrected chi connectivity index (χ1v) is 8.78. The van der Waals surface area contributed by atoms with Crippen LogP contribution in [-0.4, -0.2) is 45.1 Å². The molecule has 8 heteroatoms. The van der Waals surface area contributed by atoms with Gasteiger partial charge in [0.1, 0.15) is 0 Å². The molecule has 1 fully saturated rings. The van der Waals surface area contributed by atoms with Gasteiger partial charge in [-0.25, -0.2) is 8.42 Å². The van der Waals surface area contributed by atoms with Crippen LogP contribution in [0.1, 0.15) is 12.5 Å². The van der Waals surface area contributed by atoms with Crippen LogP contribution in [0.25, 0.3) is 0 Å². The Bertz CT molecular complexity index is 602. The van der Waals surface area contributed by atoms with E-state index in [1.165, 1.54) is 5.56 Å². The van der Waals surface area contributed by atoms with Crippen molar-refractivity contribution in [1.29, 1.82) is 0 Å². The molecule has 0 bridgehead atoms. The fourth-order valence-electron chi connectivity index (χ4n) is 2.07. The fraction of sp³-hybridized carbons (Fsp3) is 0.500. The molecular formula is C14H22IN3O3S.